The van der Waals surface area contributed by atoms with Gasteiger partial charge in [-0.15, -0.1) is 0 Å². The maximum absolute atomic E-state index is 12.7. The number of benzene rings is 1. The molecule has 124 valence electrons. The molecule has 0 unspecified atom stereocenters. The van der Waals surface area contributed by atoms with Gasteiger partial charge in [0.2, 0.25) is 5.91 Å². The molecule has 1 aromatic carbocycles. The zero-order valence-electron chi connectivity index (χ0n) is 13.7. The second-order valence-electron chi connectivity index (χ2n) is 6.47. The van der Waals surface area contributed by atoms with E-state index in [1.165, 1.54) is 6.42 Å². The number of aromatic nitrogens is 2. The SMILES string of the molecule is CN(C)[C@H]1CCCCN(C(=O)Cc2nc3ccc(Cl)cc3[nH]2)C1. The first-order chi connectivity index (χ1) is 11.0. The van der Waals surface area contributed by atoms with Crippen LogP contribution in [0.5, 0.6) is 0 Å². The van der Waals surface area contributed by atoms with Crippen molar-refractivity contribution in [2.24, 2.45) is 0 Å². The molecule has 1 saturated heterocycles. The molecule has 1 N–H and O–H groups in total. The molecule has 5 nitrogen and oxygen atoms in total. The summed E-state index contributed by atoms with van der Waals surface area (Å²) in [4.78, 5) is 24.6. The molecule has 0 radical (unpaired) electrons. The average molecular weight is 335 g/mol. The molecule has 2 heterocycles. The number of carbonyl (C=O) groups excluding carboxylic acids is 1. The predicted molar refractivity (Wildman–Crippen MR) is 92.7 cm³/mol. The minimum absolute atomic E-state index is 0.143. The van der Waals surface area contributed by atoms with Gasteiger partial charge in [-0.2, -0.15) is 0 Å². The van der Waals surface area contributed by atoms with Crippen molar-refractivity contribution in [2.75, 3.05) is 27.2 Å². The molecule has 0 bridgehead atoms. The van der Waals surface area contributed by atoms with Crippen LogP contribution >= 0.6 is 11.6 Å². The number of fused-ring (bicyclic) bond motifs is 1. The highest BCUT2D eigenvalue weighted by molar-refractivity contribution is 6.31. The van der Waals surface area contributed by atoms with Gasteiger partial charge in [0.15, 0.2) is 0 Å². The third-order valence-corrected chi connectivity index (χ3v) is 4.78. The summed E-state index contributed by atoms with van der Waals surface area (Å²) in [5.41, 5.74) is 1.72. The fraction of sp³-hybridized carbons (Fsp3) is 0.529. The lowest BCUT2D eigenvalue weighted by Gasteiger charge is -2.28. The Morgan fingerprint density at radius 1 is 1.43 bits per heavy atom. The second kappa shape index (κ2) is 6.89. The van der Waals surface area contributed by atoms with Crippen molar-refractivity contribution in [3.05, 3.63) is 29.0 Å². The van der Waals surface area contributed by atoms with Gasteiger partial charge in [-0.05, 0) is 45.1 Å². The molecule has 1 aliphatic rings. The molecular formula is C17H23ClN4O. The highest BCUT2D eigenvalue weighted by Crippen LogP contribution is 2.19. The van der Waals surface area contributed by atoms with Crippen LogP contribution in [0.4, 0.5) is 0 Å². The number of hydrogen-bond acceptors (Lipinski definition) is 3. The van der Waals surface area contributed by atoms with Crippen molar-refractivity contribution < 1.29 is 4.79 Å². The molecule has 3 rings (SSSR count). The van der Waals surface area contributed by atoms with Gasteiger partial charge in [0.25, 0.3) is 0 Å². The van der Waals surface area contributed by atoms with E-state index in [0.717, 1.165) is 37.0 Å². The van der Waals surface area contributed by atoms with Crippen LogP contribution in [0.25, 0.3) is 11.0 Å². The lowest BCUT2D eigenvalue weighted by atomic mass is 10.1. The van der Waals surface area contributed by atoms with E-state index in [-0.39, 0.29) is 5.91 Å². The van der Waals surface area contributed by atoms with Crippen LogP contribution in [0.15, 0.2) is 18.2 Å². The first-order valence-electron chi connectivity index (χ1n) is 8.11. The number of likely N-dealkylation sites (N-methyl/N-ethyl adjacent to an activating group) is 1. The van der Waals surface area contributed by atoms with E-state index in [4.69, 9.17) is 11.6 Å². The van der Waals surface area contributed by atoms with E-state index in [1.54, 1.807) is 0 Å². The quantitative estimate of drug-likeness (QED) is 0.939. The molecule has 1 amide bonds. The maximum atomic E-state index is 12.7. The number of hydrogen-bond donors (Lipinski definition) is 1. The number of nitrogens with zero attached hydrogens (tertiary/aromatic N) is 3. The summed E-state index contributed by atoms with van der Waals surface area (Å²) in [6.07, 6.45) is 3.72. The third kappa shape index (κ3) is 3.85. The average Bonchev–Trinajstić information content (AvgIpc) is 2.72. The van der Waals surface area contributed by atoms with E-state index in [9.17, 15) is 4.79 Å². The number of rotatable bonds is 3. The van der Waals surface area contributed by atoms with Gasteiger partial charge in [-0.1, -0.05) is 18.0 Å². The Balaban J connectivity index is 1.71. The van der Waals surface area contributed by atoms with Crippen molar-refractivity contribution in [1.82, 2.24) is 19.8 Å². The molecular weight excluding hydrogens is 312 g/mol. The second-order valence-corrected chi connectivity index (χ2v) is 6.91. The highest BCUT2D eigenvalue weighted by Gasteiger charge is 2.23. The van der Waals surface area contributed by atoms with Crippen LogP contribution in [0.3, 0.4) is 0 Å². The molecule has 1 fully saturated rings. The summed E-state index contributed by atoms with van der Waals surface area (Å²) >= 11 is 5.99. The van der Waals surface area contributed by atoms with Crippen molar-refractivity contribution in [2.45, 2.75) is 31.7 Å². The maximum Gasteiger partial charge on any atom is 0.230 e. The van der Waals surface area contributed by atoms with Gasteiger partial charge in [0, 0.05) is 24.2 Å². The molecule has 23 heavy (non-hydrogen) atoms. The van der Waals surface area contributed by atoms with Gasteiger partial charge in [0.05, 0.1) is 17.5 Å². The Morgan fingerprint density at radius 3 is 3.04 bits per heavy atom. The van der Waals surface area contributed by atoms with E-state index in [2.05, 4.69) is 29.0 Å². The summed E-state index contributed by atoms with van der Waals surface area (Å²) in [6, 6.07) is 5.96. The molecule has 6 heteroatoms. The van der Waals surface area contributed by atoms with Crippen LogP contribution in [0.2, 0.25) is 5.02 Å². The molecule has 1 atom stereocenters. The normalized spacial score (nSPS) is 19.3. The number of imidazole rings is 1. The zero-order valence-corrected chi connectivity index (χ0v) is 14.4. The Hall–Kier alpha value is -1.59. The van der Waals surface area contributed by atoms with Gasteiger partial charge in [-0.3, -0.25) is 4.79 Å². The molecule has 1 aliphatic heterocycles. The van der Waals surface area contributed by atoms with E-state index in [0.29, 0.717) is 23.3 Å². The Morgan fingerprint density at radius 2 is 2.26 bits per heavy atom. The lowest BCUT2D eigenvalue weighted by Crippen LogP contribution is -2.42. The fourth-order valence-corrected chi connectivity index (χ4v) is 3.31. The number of amides is 1. The van der Waals surface area contributed by atoms with Crippen LogP contribution in [0.1, 0.15) is 25.1 Å². The standard InChI is InChI=1S/C17H23ClN4O/c1-21(2)13-5-3-4-8-22(11-13)17(23)10-16-19-14-7-6-12(18)9-15(14)20-16/h6-7,9,13H,3-5,8,10-11H2,1-2H3,(H,19,20)/t13-/m0/s1. The number of carbonyl (C=O) groups is 1. The first kappa shape index (κ1) is 16.3. The van der Waals surface area contributed by atoms with Gasteiger partial charge in [0.1, 0.15) is 5.82 Å². The number of likely N-dealkylation sites (tertiary alicyclic amines) is 1. The number of H-pyrrole nitrogens is 1. The van der Waals surface area contributed by atoms with E-state index >= 15 is 0 Å². The Labute approximate surface area is 141 Å². The molecule has 2 aromatic rings. The van der Waals surface area contributed by atoms with E-state index < -0.39 is 0 Å². The Bertz CT molecular complexity index is 697. The summed E-state index contributed by atoms with van der Waals surface area (Å²) in [7, 11) is 4.17. The molecule has 0 aliphatic carbocycles. The van der Waals surface area contributed by atoms with Crippen LogP contribution in [-0.4, -0.2) is 58.9 Å². The number of nitrogens with one attached hydrogen (secondary N) is 1. The molecule has 1 aromatic heterocycles. The first-order valence-corrected chi connectivity index (χ1v) is 8.49. The van der Waals surface area contributed by atoms with Gasteiger partial charge >= 0.3 is 0 Å². The van der Waals surface area contributed by atoms with Crippen molar-refractivity contribution in [1.29, 1.82) is 0 Å². The predicted octanol–water partition coefficient (Wildman–Crippen LogP) is 2.70. The smallest absolute Gasteiger partial charge is 0.230 e. The van der Waals surface area contributed by atoms with Crippen molar-refractivity contribution >= 4 is 28.5 Å². The minimum Gasteiger partial charge on any atom is -0.342 e. The summed E-state index contributed by atoms with van der Waals surface area (Å²) in [5, 5.41) is 0.667. The van der Waals surface area contributed by atoms with Gasteiger partial charge < -0.3 is 14.8 Å². The highest BCUT2D eigenvalue weighted by atomic mass is 35.5. The number of aromatic amines is 1. The van der Waals surface area contributed by atoms with Crippen LogP contribution in [0, 0.1) is 0 Å². The van der Waals surface area contributed by atoms with Gasteiger partial charge in [-0.25, -0.2) is 4.98 Å². The molecule has 0 saturated carbocycles. The topological polar surface area (TPSA) is 52.2 Å². The summed E-state index contributed by atoms with van der Waals surface area (Å²) in [6.45, 7) is 1.65. The van der Waals surface area contributed by atoms with Crippen molar-refractivity contribution in [3.63, 3.8) is 0 Å². The fourth-order valence-electron chi connectivity index (χ4n) is 3.14. The minimum atomic E-state index is 0.143. The largest absolute Gasteiger partial charge is 0.342 e. The van der Waals surface area contributed by atoms with Crippen LogP contribution < -0.4 is 0 Å². The number of halogens is 1. The zero-order chi connectivity index (χ0) is 16.4. The lowest BCUT2D eigenvalue weighted by molar-refractivity contribution is -0.131. The molecule has 0 spiro atoms. The summed E-state index contributed by atoms with van der Waals surface area (Å²) in [5.74, 6) is 0.849. The Kier molecular flexibility index (Phi) is 4.87. The summed E-state index contributed by atoms with van der Waals surface area (Å²) < 4.78 is 0. The third-order valence-electron chi connectivity index (χ3n) is 4.54. The van der Waals surface area contributed by atoms with Crippen LogP contribution in [-0.2, 0) is 11.2 Å². The van der Waals surface area contributed by atoms with E-state index in [1.807, 2.05) is 23.1 Å². The monoisotopic (exact) mass is 334 g/mol. The van der Waals surface area contributed by atoms with Crippen molar-refractivity contribution in [3.8, 4) is 0 Å².